The quantitative estimate of drug-likeness (QED) is 0.635. The van der Waals surface area contributed by atoms with E-state index in [1.54, 1.807) is 6.92 Å². The third-order valence-electron chi connectivity index (χ3n) is 3.86. The predicted molar refractivity (Wildman–Crippen MR) is 102 cm³/mol. The van der Waals surface area contributed by atoms with E-state index in [1.807, 2.05) is 12.1 Å². The Hall–Kier alpha value is -2.67. The molecule has 1 heterocycles. The minimum atomic E-state index is -0.397. The molecule has 0 saturated heterocycles. The molecule has 7 heteroatoms. The molecule has 26 heavy (non-hydrogen) atoms. The van der Waals surface area contributed by atoms with Gasteiger partial charge in [0.1, 0.15) is 5.82 Å². The molecule has 0 bridgehead atoms. The fourth-order valence-electron chi connectivity index (χ4n) is 2.32. The number of rotatable bonds is 6. The van der Waals surface area contributed by atoms with Gasteiger partial charge in [-0.2, -0.15) is 0 Å². The fraction of sp³-hybridized carbons (Fsp3) is 0.211. The van der Waals surface area contributed by atoms with Crippen molar-refractivity contribution >= 4 is 23.4 Å². The smallest absolute Gasteiger partial charge is 0.237 e. The molecule has 0 spiro atoms. The summed E-state index contributed by atoms with van der Waals surface area (Å²) < 4.78 is 12.9. The molecule has 134 valence electrons. The van der Waals surface area contributed by atoms with Crippen molar-refractivity contribution in [2.75, 3.05) is 5.32 Å². The van der Waals surface area contributed by atoms with Gasteiger partial charge in [0.05, 0.1) is 5.25 Å². The second-order valence-corrected chi connectivity index (χ2v) is 7.08. The molecule has 1 atom stereocenters. The Balaban J connectivity index is 1.62. The van der Waals surface area contributed by atoms with E-state index in [0.717, 1.165) is 12.0 Å². The summed E-state index contributed by atoms with van der Waals surface area (Å²) in [6, 6.07) is 13.8. The minimum Gasteiger partial charge on any atom is -0.325 e. The monoisotopic (exact) mass is 370 g/mol. The molecule has 0 aliphatic rings. The lowest BCUT2D eigenvalue weighted by Crippen LogP contribution is -2.22. The molecule has 5 nitrogen and oxygen atoms in total. The zero-order chi connectivity index (χ0) is 18.5. The second kappa shape index (κ2) is 8.14. The van der Waals surface area contributed by atoms with Crippen LogP contribution in [0.15, 0.2) is 53.7 Å². The summed E-state index contributed by atoms with van der Waals surface area (Å²) in [6.45, 7) is 3.88. The van der Waals surface area contributed by atoms with Gasteiger partial charge < -0.3 is 5.32 Å². The first-order valence-corrected chi connectivity index (χ1v) is 9.18. The largest absolute Gasteiger partial charge is 0.325 e. The van der Waals surface area contributed by atoms with E-state index in [9.17, 15) is 9.18 Å². The Morgan fingerprint density at radius 1 is 1.19 bits per heavy atom. The first kappa shape index (κ1) is 18.1. The van der Waals surface area contributed by atoms with Gasteiger partial charge in [-0.3, -0.25) is 9.89 Å². The lowest BCUT2D eigenvalue weighted by Gasteiger charge is -2.09. The Bertz CT molecular complexity index is 877. The molecule has 0 radical (unpaired) electrons. The molecule has 3 rings (SSSR count). The molecular weight excluding hydrogens is 351 g/mol. The van der Waals surface area contributed by atoms with Crippen molar-refractivity contribution < 1.29 is 9.18 Å². The number of aromatic nitrogens is 3. The van der Waals surface area contributed by atoms with E-state index < -0.39 is 5.25 Å². The Kier molecular flexibility index (Phi) is 5.68. The molecule has 3 aromatic rings. The van der Waals surface area contributed by atoms with Crippen LogP contribution >= 0.6 is 11.8 Å². The molecule has 1 amide bonds. The summed E-state index contributed by atoms with van der Waals surface area (Å²) in [6.07, 6.45) is 0.985. The number of thioether (sulfide) groups is 1. The van der Waals surface area contributed by atoms with Crippen LogP contribution in [0.3, 0.4) is 0 Å². The number of hydrogen-bond acceptors (Lipinski definition) is 4. The first-order valence-electron chi connectivity index (χ1n) is 8.30. The summed E-state index contributed by atoms with van der Waals surface area (Å²) in [5, 5.41) is 9.93. The number of amides is 1. The molecular formula is C19H19FN4OS. The van der Waals surface area contributed by atoms with Crippen LogP contribution in [0.5, 0.6) is 0 Å². The average Bonchev–Trinajstić information content (AvgIpc) is 3.12. The molecule has 0 aliphatic carbocycles. The number of H-pyrrole nitrogens is 1. The molecule has 2 N–H and O–H groups in total. The third kappa shape index (κ3) is 4.49. The normalized spacial score (nSPS) is 12.0. The number of nitrogens with one attached hydrogen (secondary N) is 2. The maximum absolute atomic E-state index is 12.9. The second-order valence-electron chi connectivity index (χ2n) is 5.77. The standard InChI is InChI=1S/C19H19FN4OS/c1-3-13-4-6-14(7-5-13)17-22-19(24-23-17)26-12(2)18(25)21-16-10-8-15(20)9-11-16/h4-12H,3H2,1-2H3,(H,21,25)(H,22,23,24)/t12-/m1/s1. The minimum absolute atomic E-state index is 0.194. The predicted octanol–water partition coefficient (Wildman–Crippen LogP) is 4.29. The Labute approximate surface area is 155 Å². The van der Waals surface area contributed by atoms with Crippen molar-refractivity contribution in [1.29, 1.82) is 0 Å². The molecule has 2 aromatic carbocycles. The van der Waals surface area contributed by atoms with Gasteiger partial charge in [-0.1, -0.05) is 43.0 Å². The van der Waals surface area contributed by atoms with Crippen LogP contribution in [0.25, 0.3) is 11.4 Å². The average molecular weight is 370 g/mol. The Morgan fingerprint density at radius 2 is 1.88 bits per heavy atom. The van der Waals surface area contributed by atoms with Gasteiger partial charge >= 0.3 is 0 Å². The van der Waals surface area contributed by atoms with Crippen LogP contribution in [0.4, 0.5) is 10.1 Å². The van der Waals surface area contributed by atoms with Crippen LogP contribution in [-0.4, -0.2) is 26.3 Å². The summed E-state index contributed by atoms with van der Waals surface area (Å²) >= 11 is 1.26. The number of anilines is 1. The van der Waals surface area contributed by atoms with E-state index >= 15 is 0 Å². The molecule has 0 fully saturated rings. The summed E-state index contributed by atoms with van der Waals surface area (Å²) in [7, 11) is 0. The summed E-state index contributed by atoms with van der Waals surface area (Å²) in [4.78, 5) is 16.7. The zero-order valence-corrected chi connectivity index (χ0v) is 15.3. The van der Waals surface area contributed by atoms with E-state index in [-0.39, 0.29) is 11.7 Å². The number of hydrogen-bond donors (Lipinski definition) is 2. The highest BCUT2D eigenvalue weighted by Crippen LogP contribution is 2.24. The molecule has 1 aromatic heterocycles. The number of benzene rings is 2. The molecule has 0 aliphatic heterocycles. The number of carbonyl (C=O) groups is 1. The summed E-state index contributed by atoms with van der Waals surface area (Å²) in [5.41, 5.74) is 2.76. The molecule has 0 saturated carbocycles. The lowest BCUT2D eigenvalue weighted by molar-refractivity contribution is -0.115. The van der Waals surface area contributed by atoms with E-state index in [4.69, 9.17) is 0 Å². The van der Waals surface area contributed by atoms with Crippen molar-refractivity contribution in [3.8, 4) is 11.4 Å². The highest BCUT2D eigenvalue weighted by atomic mass is 32.2. The number of aryl methyl sites for hydroxylation is 1. The highest BCUT2D eigenvalue weighted by Gasteiger charge is 2.17. The van der Waals surface area contributed by atoms with Crippen LogP contribution in [0.2, 0.25) is 0 Å². The topological polar surface area (TPSA) is 70.7 Å². The van der Waals surface area contributed by atoms with Gasteiger partial charge in [-0.15, -0.1) is 5.10 Å². The maximum Gasteiger partial charge on any atom is 0.237 e. The van der Waals surface area contributed by atoms with Crippen molar-refractivity contribution in [2.24, 2.45) is 0 Å². The Morgan fingerprint density at radius 3 is 2.54 bits per heavy atom. The van der Waals surface area contributed by atoms with Crippen LogP contribution in [0.1, 0.15) is 19.4 Å². The van der Waals surface area contributed by atoms with Gasteiger partial charge in [0.15, 0.2) is 5.82 Å². The van der Waals surface area contributed by atoms with Gasteiger partial charge in [-0.05, 0) is 43.2 Å². The SMILES string of the molecule is CCc1ccc(-c2nc(S[C@H](C)C(=O)Nc3ccc(F)cc3)n[nH]2)cc1. The van der Waals surface area contributed by atoms with Gasteiger partial charge in [-0.25, -0.2) is 9.37 Å². The first-order chi connectivity index (χ1) is 12.5. The van der Waals surface area contributed by atoms with Gasteiger partial charge in [0.25, 0.3) is 0 Å². The highest BCUT2D eigenvalue weighted by molar-refractivity contribution is 8.00. The van der Waals surface area contributed by atoms with Crippen LogP contribution in [0, 0.1) is 5.82 Å². The van der Waals surface area contributed by atoms with Crippen LogP contribution < -0.4 is 5.32 Å². The van der Waals surface area contributed by atoms with E-state index in [2.05, 4.69) is 39.6 Å². The van der Waals surface area contributed by atoms with Gasteiger partial charge in [0, 0.05) is 11.3 Å². The van der Waals surface area contributed by atoms with E-state index in [1.165, 1.54) is 41.6 Å². The fourth-order valence-corrected chi connectivity index (χ4v) is 3.04. The third-order valence-corrected chi connectivity index (χ3v) is 4.82. The molecule has 0 unspecified atom stereocenters. The van der Waals surface area contributed by atoms with Crippen molar-refractivity contribution in [3.05, 3.63) is 59.9 Å². The van der Waals surface area contributed by atoms with Crippen molar-refractivity contribution in [2.45, 2.75) is 30.7 Å². The van der Waals surface area contributed by atoms with E-state index in [0.29, 0.717) is 16.7 Å². The summed E-state index contributed by atoms with van der Waals surface area (Å²) in [5.74, 6) is 0.132. The number of nitrogens with zero attached hydrogens (tertiary/aromatic N) is 2. The number of carbonyl (C=O) groups excluding carboxylic acids is 1. The van der Waals surface area contributed by atoms with Crippen molar-refractivity contribution in [1.82, 2.24) is 15.2 Å². The van der Waals surface area contributed by atoms with Crippen molar-refractivity contribution in [3.63, 3.8) is 0 Å². The zero-order valence-electron chi connectivity index (χ0n) is 14.5. The number of aromatic amines is 1. The number of halogens is 1. The van der Waals surface area contributed by atoms with Crippen LogP contribution in [-0.2, 0) is 11.2 Å². The maximum atomic E-state index is 12.9. The lowest BCUT2D eigenvalue weighted by atomic mass is 10.1. The van der Waals surface area contributed by atoms with Gasteiger partial charge in [0.2, 0.25) is 11.1 Å².